The van der Waals surface area contributed by atoms with Crippen molar-refractivity contribution in [3.63, 3.8) is 0 Å². The number of aliphatic hydroxyl groups is 2. The average Bonchev–Trinajstić information content (AvgIpc) is 2.74. The molecule has 9 heteroatoms. The number of hydrogen-bond donors (Lipinski definition) is 3. The molecule has 1 aliphatic rings. The Hall–Kier alpha value is -2.72. The van der Waals surface area contributed by atoms with Crippen LogP contribution in [0.4, 0.5) is 0 Å². The minimum atomic E-state index is -1.76. The summed E-state index contributed by atoms with van der Waals surface area (Å²) in [7, 11) is 2.78. The highest BCUT2D eigenvalue weighted by Gasteiger charge is 2.31. The minimum absolute atomic E-state index is 0.103. The molecular formula is C22H28O9. The van der Waals surface area contributed by atoms with Gasteiger partial charge >= 0.3 is 5.97 Å². The van der Waals surface area contributed by atoms with E-state index < -0.39 is 36.2 Å². The second-order valence-electron chi connectivity index (χ2n) is 7.17. The van der Waals surface area contributed by atoms with E-state index >= 15 is 0 Å². The second kappa shape index (κ2) is 11.1. The van der Waals surface area contributed by atoms with Crippen LogP contribution in [0, 0.1) is 5.92 Å². The highest BCUT2D eigenvalue weighted by molar-refractivity contribution is 5.97. The number of hydrogen-bond acceptors (Lipinski definition) is 9. The number of aromatic hydroxyl groups is 1. The van der Waals surface area contributed by atoms with Crippen molar-refractivity contribution in [1.29, 1.82) is 0 Å². The van der Waals surface area contributed by atoms with E-state index in [0.29, 0.717) is 0 Å². The molecule has 9 nitrogen and oxygen atoms in total. The monoisotopic (exact) mass is 436 g/mol. The highest BCUT2D eigenvalue weighted by atomic mass is 16.7. The molecule has 0 spiro atoms. The molecule has 5 atom stereocenters. The molecule has 0 aliphatic carbocycles. The summed E-state index contributed by atoms with van der Waals surface area (Å²) >= 11 is 0. The zero-order valence-corrected chi connectivity index (χ0v) is 17.8. The Labute approximate surface area is 180 Å². The third-order valence-electron chi connectivity index (χ3n) is 4.95. The zero-order chi connectivity index (χ0) is 23.1. The molecular weight excluding hydrogens is 408 g/mol. The molecule has 1 heterocycles. The van der Waals surface area contributed by atoms with E-state index in [4.69, 9.17) is 18.9 Å². The highest BCUT2D eigenvalue weighted by Crippen LogP contribution is 2.31. The standard InChI is InChI=1S/C22H28O9/c1-12-5-7-16(23)20(25)21(26)18(30-11-28-3)8-6-14-9-15(29-4)10-17(24)19(14)22(27)31-13(12)2/h5-10,12-13,18,20-21,24-26H,11H2,1-4H3/b7-5-,8-6+/t12-,13+,18?,20-,21+/m1/s1. The topological polar surface area (TPSA) is 132 Å². The first-order valence-corrected chi connectivity index (χ1v) is 9.68. The Kier molecular flexibility index (Phi) is 8.76. The Morgan fingerprint density at radius 1 is 1.06 bits per heavy atom. The number of fused-ring (bicyclic) bond motifs is 1. The van der Waals surface area contributed by atoms with Gasteiger partial charge in [0.1, 0.15) is 48.3 Å². The molecule has 0 radical (unpaired) electrons. The number of carbonyl (C=O) groups is 2. The molecule has 1 unspecified atom stereocenters. The smallest absolute Gasteiger partial charge is 0.342 e. The van der Waals surface area contributed by atoms with Crippen LogP contribution in [0.2, 0.25) is 0 Å². The number of benzene rings is 1. The number of esters is 1. The van der Waals surface area contributed by atoms with Crippen LogP contribution in [0.25, 0.3) is 6.08 Å². The normalized spacial score (nSPS) is 29.4. The lowest BCUT2D eigenvalue weighted by molar-refractivity contribution is -0.142. The fourth-order valence-corrected chi connectivity index (χ4v) is 2.89. The van der Waals surface area contributed by atoms with E-state index in [1.807, 2.05) is 0 Å². The van der Waals surface area contributed by atoms with Crippen LogP contribution >= 0.6 is 0 Å². The fourth-order valence-electron chi connectivity index (χ4n) is 2.89. The lowest BCUT2D eigenvalue weighted by atomic mass is 9.98. The van der Waals surface area contributed by atoms with Crippen LogP contribution in [0.5, 0.6) is 11.5 Å². The summed E-state index contributed by atoms with van der Waals surface area (Å²) in [5, 5.41) is 31.2. The number of ketones is 1. The first-order valence-electron chi connectivity index (χ1n) is 9.68. The van der Waals surface area contributed by atoms with Crippen LogP contribution in [-0.4, -0.2) is 72.5 Å². The number of methoxy groups -OCH3 is 2. The third kappa shape index (κ3) is 6.14. The van der Waals surface area contributed by atoms with Crippen molar-refractivity contribution in [2.45, 2.75) is 38.3 Å². The molecule has 0 amide bonds. The summed E-state index contributed by atoms with van der Waals surface area (Å²) in [5.74, 6) is -1.96. The van der Waals surface area contributed by atoms with E-state index in [9.17, 15) is 24.9 Å². The molecule has 0 aromatic heterocycles. The van der Waals surface area contributed by atoms with E-state index in [2.05, 4.69) is 0 Å². The molecule has 31 heavy (non-hydrogen) atoms. The quantitative estimate of drug-likeness (QED) is 0.474. The van der Waals surface area contributed by atoms with Gasteiger partial charge < -0.3 is 34.3 Å². The van der Waals surface area contributed by atoms with Crippen molar-refractivity contribution in [3.8, 4) is 11.5 Å². The van der Waals surface area contributed by atoms with Crippen molar-refractivity contribution >= 4 is 17.8 Å². The largest absolute Gasteiger partial charge is 0.507 e. The molecule has 0 saturated carbocycles. The first-order chi connectivity index (χ1) is 14.7. The van der Waals surface area contributed by atoms with Crippen LogP contribution in [0.1, 0.15) is 29.8 Å². The van der Waals surface area contributed by atoms with E-state index in [-0.39, 0.29) is 35.3 Å². The summed E-state index contributed by atoms with van der Waals surface area (Å²) < 4.78 is 20.8. The number of phenols is 1. The lowest BCUT2D eigenvalue weighted by Crippen LogP contribution is -2.42. The number of rotatable bonds is 4. The van der Waals surface area contributed by atoms with Gasteiger partial charge in [-0.2, -0.15) is 0 Å². The van der Waals surface area contributed by atoms with Gasteiger partial charge in [-0.05, 0) is 24.6 Å². The summed E-state index contributed by atoms with van der Waals surface area (Å²) in [6.45, 7) is 3.13. The van der Waals surface area contributed by atoms with Crippen molar-refractivity contribution in [2.75, 3.05) is 21.0 Å². The Balaban J connectivity index is 2.60. The molecule has 0 bridgehead atoms. The maximum Gasteiger partial charge on any atom is 0.342 e. The fraction of sp³-hybridized carbons (Fsp3) is 0.455. The average molecular weight is 436 g/mol. The molecule has 1 aromatic rings. The summed E-state index contributed by atoms with van der Waals surface area (Å²) in [5.41, 5.74) is 0.127. The van der Waals surface area contributed by atoms with Gasteiger partial charge in [0.05, 0.1) is 7.11 Å². The second-order valence-corrected chi connectivity index (χ2v) is 7.17. The van der Waals surface area contributed by atoms with Crippen molar-refractivity contribution in [2.24, 2.45) is 5.92 Å². The Bertz CT molecular complexity index is 846. The van der Waals surface area contributed by atoms with Gasteiger partial charge in [-0.25, -0.2) is 4.79 Å². The van der Waals surface area contributed by atoms with Crippen LogP contribution in [0.15, 0.2) is 30.4 Å². The molecule has 0 saturated heterocycles. The predicted octanol–water partition coefficient (Wildman–Crippen LogP) is 1.45. The molecule has 1 aliphatic heterocycles. The summed E-state index contributed by atoms with van der Waals surface area (Å²) in [6, 6.07) is 2.77. The van der Waals surface area contributed by atoms with Gasteiger partial charge in [-0.15, -0.1) is 0 Å². The Morgan fingerprint density at radius 2 is 1.77 bits per heavy atom. The van der Waals surface area contributed by atoms with Gasteiger partial charge in [-0.1, -0.05) is 25.2 Å². The minimum Gasteiger partial charge on any atom is -0.507 e. The number of ether oxygens (including phenoxy) is 4. The van der Waals surface area contributed by atoms with Crippen LogP contribution in [-0.2, 0) is 19.0 Å². The molecule has 3 N–H and O–H groups in total. The van der Waals surface area contributed by atoms with Gasteiger partial charge in [0.2, 0.25) is 0 Å². The SMILES string of the molecule is COCOC1/C=C/c2cc(OC)cc(O)c2C(=O)O[C@@H](C)[C@H](C)/C=C\C(=O)[C@@H](O)[C@H]1O. The maximum atomic E-state index is 12.8. The van der Waals surface area contributed by atoms with Crippen LogP contribution in [0.3, 0.4) is 0 Å². The first kappa shape index (κ1) is 24.5. The van der Waals surface area contributed by atoms with Crippen molar-refractivity contribution in [3.05, 3.63) is 41.5 Å². The lowest BCUT2D eigenvalue weighted by Gasteiger charge is -2.24. The number of carbonyl (C=O) groups excluding carboxylic acids is 2. The maximum absolute atomic E-state index is 12.8. The van der Waals surface area contributed by atoms with Gasteiger partial charge in [-0.3, -0.25) is 4.79 Å². The van der Waals surface area contributed by atoms with E-state index in [1.54, 1.807) is 13.8 Å². The van der Waals surface area contributed by atoms with Gasteiger partial charge in [0.15, 0.2) is 5.78 Å². The van der Waals surface area contributed by atoms with Gasteiger partial charge in [0.25, 0.3) is 0 Å². The zero-order valence-electron chi connectivity index (χ0n) is 17.8. The van der Waals surface area contributed by atoms with Crippen LogP contribution < -0.4 is 4.74 Å². The van der Waals surface area contributed by atoms with E-state index in [1.165, 1.54) is 44.6 Å². The third-order valence-corrected chi connectivity index (χ3v) is 4.95. The number of cyclic esters (lactones) is 1. The number of aliphatic hydroxyl groups excluding tert-OH is 2. The van der Waals surface area contributed by atoms with Gasteiger partial charge in [0, 0.05) is 19.1 Å². The van der Waals surface area contributed by atoms with Crippen molar-refractivity contribution < 1.29 is 43.9 Å². The Morgan fingerprint density at radius 3 is 2.42 bits per heavy atom. The molecule has 2 rings (SSSR count). The molecule has 0 fully saturated rings. The summed E-state index contributed by atoms with van der Waals surface area (Å²) in [4.78, 5) is 25.1. The van der Waals surface area contributed by atoms with E-state index in [0.717, 1.165) is 6.08 Å². The van der Waals surface area contributed by atoms with Crippen molar-refractivity contribution in [1.82, 2.24) is 0 Å². The predicted molar refractivity (Wildman–Crippen MR) is 111 cm³/mol. The number of phenolic OH excluding ortho intramolecular Hbond substituents is 1. The molecule has 170 valence electrons. The molecule has 1 aromatic carbocycles. The summed E-state index contributed by atoms with van der Waals surface area (Å²) in [6.07, 6.45) is 0.158.